The van der Waals surface area contributed by atoms with Gasteiger partial charge in [0.2, 0.25) is 5.91 Å². The van der Waals surface area contributed by atoms with Crippen LogP contribution in [-0.2, 0) is 4.79 Å². The molecule has 2 aliphatic rings. The third-order valence-electron chi connectivity index (χ3n) is 5.20. The lowest BCUT2D eigenvalue weighted by Gasteiger charge is -2.34. The SMILES string of the molecule is O=C(NCCCN1CCCCC1)C1CCCCN1C(=O)c1cccs1. The second-order valence-electron chi connectivity index (χ2n) is 7.03. The summed E-state index contributed by atoms with van der Waals surface area (Å²) in [6.07, 6.45) is 7.70. The van der Waals surface area contributed by atoms with Crippen molar-refractivity contribution in [3.8, 4) is 0 Å². The molecule has 2 saturated heterocycles. The quantitative estimate of drug-likeness (QED) is 0.791. The Kier molecular flexibility index (Phi) is 6.87. The summed E-state index contributed by atoms with van der Waals surface area (Å²) in [6, 6.07) is 3.42. The highest BCUT2D eigenvalue weighted by Gasteiger charge is 2.32. The van der Waals surface area contributed by atoms with Crippen LogP contribution < -0.4 is 5.32 Å². The topological polar surface area (TPSA) is 52.7 Å². The van der Waals surface area contributed by atoms with Gasteiger partial charge in [-0.25, -0.2) is 0 Å². The molecule has 0 aliphatic carbocycles. The van der Waals surface area contributed by atoms with Crippen molar-refractivity contribution in [2.45, 2.75) is 51.0 Å². The molecule has 1 aromatic heterocycles. The predicted molar refractivity (Wildman–Crippen MR) is 101 cm³/mol. The standard InChI is InChI=1S/C19H29N3O2S/c23-18(20-10-7-13-21-11-3-1-4-12-21)16-8-2-5-14-22(16)19(24)17-9-6-15-25-17/h6,9,15-16H,1-5,7-8,10-14H2,(H,20,23). The van der Waals surface area contributed by atoms with Crippen molar-refractivity contribution in [1.29, 1.82) is 0 Å². The number of likely N-dealkylation sites (tertiary alicyclic amines) is 2. The van der Waals surface area contributed by atoms with E-state index in [-0.39, 0.29) is 17.9 Å². The van der Waals surface area contributed by atoms with Gasteiger partial charge < -0.3 is 15.1 Å². The van der Waals surface area contributed by atoms with Crippen LogP contribution in [0.2, 0.25) is 0 Å². The molecule has 5 nitrogen and oxygen atoms in total. The molecule has 138 valence electrons. The van der Waals surface area contributed by atoms with Crippen LogP contribution in [-0.4, -0.2) is 60.4 Å². The number of nitrogens with zero attached hydrogens (tertiary/aromatic N) is 2. The number of carbonyl (C=O) groups excluding carboxylic acids is 2. The molecular formula is C19H29N3O2S. The minimum atomic E-state index is -0.307. The number of nitrogens with one attached hydrogen (secondary N) is 1. The smallest absolute Gasteiger partial charge is 0.264 e. The van der Waals surface area contributed by atoms with E-state index in [0.29, 0.717) is 13.1 Å². The first-order valence-electron chi connectivity index (χ1n) is 9.60. The number of thiophene rings is 1. The Hall–Kier alpha value is -1.40. The molecule has 6 heteroatoms. The zero-order valence-electron chi connectivity index (χ0n) is 14.9. The first-order chi connectivity index (χ1) is 12.3. The van der Waals surface area contributed by atoms with Crippen LogP contribution in [0.3, 0.4) is 0 Å². The second kappa shape index (κ2) is 9.34. The molecular weight excluding hydrogens is 334 g/mol. The Balaban J connectivity index is 1.46. The average Bonchev–Trinajstić information content (AvgIpc) is 3.20. The Morgan fingerprint density at radius 3 is 2.68 bits per heavy atom. The van der Waals surface area contributed by atoms with Crippen molar-refractivity contribution in [1.82, 2.24) is 15.1 Å². The van der Waals surface area contributed by atoms with Crippen molar-refractivity contribution in [2.24, 2.45) is 0 Å². The summed E-state index contributed by atoms with van der Waals surface area (Å²) in [6.45, 7) is 4.83. The van der Waals surface area contributed by atoms with E-state index in [2.05, 4.69) is 10.2 Å². The number of piperidine rings is 2. The Morgan fingerprint density at radius 2 is 1.92 bits per heavy atom. The molecule has 0 radical (unpaired) electrons. The van der Waals surface area contributed by atoms with Crippen molar-refractivity contribution in [2.75, 3.05) is 32.7 Å². The van der Waals surface area contributed by atoms with Crippen LogP contribution in [0.15, 0.2) is 17.5 Å². The van der Waals surface area contributed by atoms with Gasteiger partial charge in [0, 0.05) is 13.1 Å². The number of hydrogen-bond acceptors (Lipinski definition) is 4. The van der Waals surface area contributed by atoms with Crippen molar-refractivity contribution in [3.05, 3.63) is 22.4 Å². The number of rotatable bonds is 6. The van der Waals surface area contributed by atoms with Crippen LogP contribution in [0.5, 0.6) is 0 Å². The monoisotopic (exact) mass is 363 g/mol. The van der Waals surface area contributed by atoms with Gasteiger partial charge in [-0.15, -0.1) is 11.3 Å². The van der Waals surface area contributed by atoms with Gasteiger partial charge >= 0.3 is 0 Å². The lowest BCUT2D eigenvalue weighted by Crippen LogP contribution is -2.52. The van der Waals surface area contributed by atoms with E-state index in [1.807, 2.05) is 17.5 Å². The van der Waals surface area contributed by atoms with E-state index in [9.17, 15) is 9.59 Å². The molecule has 0 aromatic carbocycles. The first kappa shape index (κ1) is 18.4. The second-order valence-corrected chi connectivity index (χ2v) is 7.98. The van der Waals surface area contributed by atoms with Crippen LogP contribution in [0.4, 0.5) is 0 Å². The van der Waals surface area contributed by atoms with E-state index < -0.39 is 0 Å². The lowest BCUT2D eigenvalue weighted by atomic mass is 10.0. The highest BCUT2D eigenvalue weighted by Crippen LogP contribution is 2.22. The summed E-state index contributed by atoms with van der Waals surface area (Å²) in [7, 11) is 0. The third-order valence-corrected chi connectivity index (χ3v) is 6.06. The largest absolute Gasteiger partial charge is 0.354 e. The lowest BCUT2D eigenvalue weighted by molar-refractivity contribution is -0.126. The van der Waals surface area contributed by atoms with Gasteiger partial charge in [-0.1, -0.05) is 12.5 Å². The maximum atomic E-state index is 12.7. The molecule has 2 fully saturated rings. The summed E-state index contributed by atoms with van der Waals surface area (Å²) in [4.78, 5) is 30.3. The summed E-state index contributed by atoms with van der Waals surface area (Å²) >= 11 is 1.45. The number of hydrogen-bond donors (Lipinski definition) is 1. The van der Waals surface area contributed by atoms with E-state index >= 15 is 0 Å². The third kappa shape index (κ3) is 5.05. The highest BCUT2D eigenvalue weighted by atomic mass is 32.1. The fourth-order valence-electron chi connectivity index (χ4n) is 3.80. The van der Waals surface area contributed by atoms with E-state index in [4.69, 9.17) is 0 Å². The maximum Gasteiger partial charge on any atom is 0.264 e. The minimum absolute atomic E-state index is 0.00293. The Bertz CT molecular complexity index is 555. The summed E-state index contributed by atoms with van der Waals surface area (Å²) in [5.41, 5.74) is 0. The van der Waals surface area contributed by atoms with Crippen molar-refractivity contribution in [3.63, 3.8) is 0 Å². The zero-order valence-corrected chi connectivity index (χ0v) is 15.7. The number of amides is 2. The molecule has 1 N–H and O–H groups in total. The predicted octanol–water partition coefficient (Wildman–Crippen LogP) is 2.74. The Labute approximate surface area is 154 Å². The van der Waals surface area contributed by atoms with Crippen LogP contribution in [0.25, 0.3) is 0 Å². The summed E-state index contributed by atoms with van der Waals surface area (Å²) in [5.74, 6) is 0.0198. The van der Waals surface area contributed by atoms with Gasteiger partial charge in [-0.2, -0.15) is 0 Å². The molecule has 3 heterocycles. The van der Waals surface area contributed by atoms with Gasteiger partial charge in [0.1, 0.15) is 6.04 Å². The van der Waals surface area contributed by atoms with E-state index in [1.54, 1.807) is 4.90 Å². The molecule has 25 heavy (non-hydrogen) atoms. The minimum Gasteiger partial charge on any atom is -0.354 e. The van der Waals surface area contributed by atoms with Gasteiger partial charge in [0.05, 0.1) is 4.88 Å². The fraction of sp³-hybridized carbons (Fsp3) is 0.684. The van der Waals surface area contributed by atoms with Crippen molar-refractivity contribution >= 4 is 23.2 Å². The van der Waals surface area contributed by atoms with Crippen LogP contribution in [0, 0.1) is 0 Å². The molecule has 3 rings (SSSR count). The molecule has 2 aliphatic heterocycles. The summed E-state index contributed by atoms with van der Waals surface area (Å²) in [5, 5.41) is 4.98. The van der Waals surface area contributed by atoms with Crippen molar-refractivity contribution < 1.29 is 9.59 Å². The first-order valence-corrected chi connectivity index (χ1v) is 10.5. The molecule has 1 atom stereocenters. The molecule has 0 spiro atoms. The average molecular weight is 364 g/mol. The Morgan fingerprint density at radius 1 is 1.12 bits per heavy atom. The van der Waals surface area contributed by atoms with E-state index in [1.165, 1.54) is 43.7 Å². The molecule has 1 aromatic rings. The fourth-order valence-corrected chi connectivity index (χ4v) is 4.48. The normalized spacial score (nSPS) is 21.9. The van der Waals surface area contributed by atoms with Gasteiger partial charge in [0.15, 0.2) is 0 Å². The van der Waals surface area contributed by atoms with Gasteiger partial charge in [-0.3, -0.25) is 9.59 Å². The molecule has 2 amide bonds. The molecule has 1 unspecified atom stereocenters. The number of carbonyl (C=O) groups is 2. The molecule has 0 saturated carbocycles. The van der Waals surface area contributed by atoms with Gasteiger partial charge in [-0.05, 0) is 69.6 Å². The zero-order chi connectivity index (χ0) is 17.5. The van der Waals surface area contributed by atoms with Crippen LogP contribution in [0.1, 0.15) is 54.6 Å². The maximum absolute atomic E-state index is 12.7. The highest BCUT2D eigenvalue weighted by molar-refractivity contribution is 7.12. The molecule has 0 bridgehead atoms. The van der Waals surface area contributed by atoms with Gasteiger partial charge in [0.25, 0.3) is 5.91 Å². The van der Waals surface area contributed by atoms with E-state index in [0.717, 1.165) is 37.1 Å². The van der Waals surface area contributed by atoms with Crippen LogP contribution >= 0.6 is 11.3 Å². The summed E-state index contributed by atoms with van der Waals surface area (Å²) < 4.78 is 0.